The van der Waals surface area contributed by atoms with Gasteiger partial charge in [-0.3, -0.25) is 9.59 Å². The molecule has 0 spiro atoms. The summed E-state index contributed by atoms with van der Waals surface area (Å²) in [7, 11) is 0. The zero-order chi connectivity index (χ0) is 31.5. The molecule has 0 radical (unpaired) electrons. The van der Waals surface area contributed by atoms with Crippen LogP contribution in [0.4, 0.5) is 4.79 Å². The van der Waals surface area contributed by atoms with Crippen molar-refractivity contribution in [3.05, 3.63) is 90.5 Å². The van der Waals surface area contributed by atoms with Gasteiger partial charge < -0.3 is 15.4 Å². The Labute approximate surface area is 258 Å². The molecule has 0 fully saturated rings. The van der Waals surface area contributed by atoms with Gasteiger partial charge in [-0.1, -0.05) is 107 Å². The Bertz CT molecular complexity index is 1520. The first-order valence-electron chi connectivity index (χ1n) is 14.9. The summed E-state index contributed by atoms with van der Waals surface area (Å²) >= 11 is 0. The lowest BCUT2D eigenvalue weighted by atomic mass is 9.98. The average Bonchev–Trinajstić information content (AvgIpc) is 3.48. The number of nitrogens with zero attached hydrogens (tertiary/aromatic N) is 4. The van der Waals surface area contributed by atoms with Crippen molar-refractivity contribution in [3.8, 4) is 22.5 Å². The van der Waals surface area contributed by atoms with Crippen LogP contribution in [0.5, 0.6) is 0 Å². The Morgan fingerprint density at radius 1 is 0.750 bits per heavy atom. The molecule has 0 bridgehead atoms. The van der Waals surface area contributed by atoms with E-state index in [0.717, 1.165) is 22.3 Å². The number of hydrogen-bond donors (Lipinski definition) is 2. The number of benzene rings is 3. The minimum atomic E-state index is -0.867. The van der Waals surface area contributed by atoms with E-state index in [-0.39, 0.29) is 30.8 Å². The molecule has 2 N–H and O–H groups in total. The molecule has 0 unspecified atom stereocenters. The minimum absolute atomic E-state index is 0.0839. The number of ketones is 1. The molecule has 0 saturated heterocycles. The van der Waals surface area contributed by atoms with Crippen molar-refractivity contribution >= 4 is 17.8 Å². The van der Waals surface area contributed by atoms with Crippen molar-refractivity contribution < 1.29 is 19.1 Å². The molecule has 0 aliphatic carbocycles. The third kappa shape index (κ3) is 9.58. The van der Waals surface area contributed by atoms with E-state index in [0.29, 0.717) is 18.7 Å². The fourth-order valence-electron chi connectivity index (χ4n) is 4.77. The molecule has 44 heavy (non-hydrogen) atoms. The summed E-state index contributed by atoms with van der Waals surface area (Å²) in [5.41, 5.74) is 3.70. The molecule has 0 saturated carbocycles. The van der Waals surface area contributed by atoms with E-state index in [1.54, 1.807) is 0 Å². The van der Waals surface area contributed by atoms with Gasteiger partial charge in [0.15, 0.2) is 5.78 Å². The molecule has 0 aliphatic heterocycles. The second kappa shape index (κ2) is 15.6. The fourth-order valence-corrected chi connectivity index (χ4v) is 4.77. The van der Waals surface area contributed by atoms with E-state index < -0.39 is 24.1 Å². The Morgan fingerprint density at radius 2 is 1.36 bits per heavy atom. The summed E-state index contributed by atoms with van der Waals surface area (Å²) in [6.07, 6.45) is 0.0975. The van der Waals surface area contributed by atoms with Crippen molar-refractivity contribution in [2.45, 2.75) is 65.8 Å². The Kier molecular flexibility index (Phi) is 11.3. The molecule has 2 atom stereocenters. The maximum Gasteiger partial charge on any atom is 0.408 e. The predicted octanol–water partition coefficient (Wildman–Crippen LogP) is 5.45. The van der Waals surface area contributed by atoms with E-state index in [1.165, 1.54) is 4.80 Å². The molecular weight excluding hydrogens is 556 g/mol. The third-order valence-electron chi connectivity index (χ3n) is 6.92. The standard InChI is InChI=1S/C34H40N6O4/c1-23(2)18-29(35-33(42)30(19-24(3)4)36-34(43)44-22-25-12-7-5-8-13-25)31(41)21-40-38-32(37-39-40)28-17-11-16-27(20-28)26-14-9-6-10-15-26/h5-17,20,23-24,29-30H,18-19,21-22H2,1-4H3,(H,35,42)(H,36,43)/t29-,30-/m0/s1. The summed E-state index contributed by atoms with van der Waals surface area (Å²) < 4.78 is 5.33. The normalized spacial score (nSPS) is 12.5. The molecule has 1 heterocycles. The summed E-state index contributed by atoms with van der Waals surface area (Å²) in [6.45, 7) is 7.78. The largest absolute Gasteiger partial charge is 0.445 e. The topological polar surface area (TPSA) is 128 Å². The van der Waals surface area contributed by atoms with Gasteiger partial charge in [0.05, 0.1) is 6.04 Å². The molecule has 10 heteroatoms. The summed E-state index contributed by atoms with van der Waals surface area (Å²) in [4.78, 5) is 40.6. The lowest BCUT2D eigenvalue weighted by Crippen LogP contribution is -2.52. The van der Waals surface area contributed by atoms with Gasteiger partial charge in [-0.05, 0) is 52.6 Å². The van der Waals surface area contributed by atoms with Crippen molar-refractivity contribution in [2.75, 3.05) is 0 Å². The Hall–Kier alpha value is -4.86. The highest BCUT2D eigenvalue weighted by molar-refractivity contribution is 5.92. The summed E-state index contributed by atoms with van der Waals surface area (Å²) in [6, 6.07) is 25.4. The zero-order valence-electron chi connectivity index (χ0n) is 25.6. The van der Waals surface area contributed by atoms with Gasteiger partial charge in [-0.15, -0.1) is 10.2 Å². The van der Waals surface area contributed by atoms with Crippen LogP contribution in [0.25, 0.3) is 22.5 Å². The van der Waals surface area contributed by atoms with E-state index in [2.05, 4.69) is 26.0 Å². The number of aromatic nitrogens is 4. The molecule has 0 aliphatic rings. The van der Waals surface area contributed by atoms with E-state index in [9.17, 15) is 14.4 Å². The highest BCUT2D eigenvalue weighted by atomic mass is 16.5. The molecule has 1 aromatic heterocycles. The van der Waals surface area contributed by atoms with Crippen LogP contribution in [0.2, 0.25) is 0 Å². The number of tetrazole rings is 1. The van der Waals surface area contributed by atoms with Crippen LogP contribution in [-0.2, 0) is 27.5 Å². The molecular formula is C34H40N6O4. The minimum Gasteiger partial charge on any atom is -0.445 e. The quantitative estimate of drug-likeness (QED) is 0.198. The third-order valence-corrected chi connectivity index (χ3v) is 6.92. The first-order valence-corrected chi connectivity index (χ1v) is 14.9. The molecule has 2 amide bonds. The van der Waals surface area contributed by atoms with Crippen LogP contribution in [-0.4, -0.2) is 50.1 Å². The lowest BCUT2D eigenvalue weighted by Gasteiger charge is -2.24. The highest BCUT2D eigenvalue weighted by Crippen LogP contribution is 2.24. The van der Waals surface area contributed by atoms with Crippen molar-refractivity contribution in [3.63, 3.8) is 0 Å². The van der Waals surface area contributed by atoms with Crippen LogP contribution in [0.15, 0.2) is 84.9 Å². The van der Waals surface area contributed by atoms with Gasteiger partial charge in [-0.2, -0.15) is 4.80 Å². The van der Waals surface area contributed by atoms with E-state index in [4.69, 9.17) is 4.74 Å². The molecule has 3 aromatic carbocycles. The molecule has 4 rings (SSSR count). The van der Waals surface area contributed by atoms with Gasteiger partial charge in [0.1, 0.15) is 19.2 Å². The van der Waals surface area contributed by atoms with Gasteiger partial charge >= 0.3 is 6.09 Å². The maximum atomic E-state index is 13.4. The van der Waals surface area contributed by atoms with Gasteiger partial charge in [-0.25, -0.2) is 4.79 Å². The van der Waals surface area contributed by atoms with Crippen LogP contribution in [0, 0.1) is 11.8 Å². The fraction of sp³-hybridized carbons (Fsp3) is 0.353. The first-order chi connectivity index (χ1) is 21.2. The van der Waals surface area contributed by atoms with Gasteiger partial charge in [0, 0.05) is 5.56 Å². The number of carbonyl (C=O) groups is 3. The monoisotopic (exact) mass is 596 g/mol. The van der Waals surface area contributed by atoms with Crippen LogP contribution in [0.1, 0.15) is 46.1 Å². The van der Waals surface area contributed by atoms with Crippen LogP contribution < -0.4 is 10.6 Å². The SMILES string of the molecule is CC(C)C[C@H](NC(=O)[C@H](CC(C)C)NC(=O)OCc1ccccc1)C(=O)Cn1nnc(-c2cccc(-c3ccccc3)c2)n1. The second-order valence-electron chi connectivity index (χ2n) is 11.6. The number of alkyl carbamates (subject to hydrolysis) is 1. The highest BCUT2D eigenvalue weighted by Gasteiger charge is 2.29. The Morgan fingerprint density at radius 3 is 2.05 bits per heavy atom. The lowest BCUT2D eigenvalue weighted by molar-refractivity contribution is -0.130. The number of carbonyl (C=O) groups excluding carboxylic acids is 3. The number of hydrogen-bond acceptors (Lipinski definition) is 7. The smallest absolute Gasteiger partial charge is 0.408 e. The number of nitrogens with one attached hydrogen (secondary N) is 2. The molecule has 10 nitrogen and oxygen atoms in total. The van der Waals surface area contributed by atoms with Gasteiger partial charge in [0.2, 0.25) is 11.7 Å². The number of ether oxygens (including phenoxy) is 1. The number of amides is 2. The average molecular weight is 597 g/mol. The van der Waals surface area contributed by atoms with Gasteiger partial charge in [0.25, 0.3) is 0 Å². The molecule has 230 valence electrons. The first kappa shape index (κ1) is 32.1. The number of rotatable bonds is 14. The Balaban J connectivity index is 1.41. The van der Waals surface area contributed by atoms with Crippen LogP contribution >= 0.6 is 0 Å². The summed E-state index contributed by atoms with van der Waals surface area (Å²) in [5, 5.41) is 18.3. The second-order valence-corrected chi connectivity index (χ2v) is 11.6. The van der Waals surface area contributed by atoms with E-state index >= 15 is 0 Å². The van der Waals surface area contributed by atoms with Crippen molar-refractivity contribution in [1.82, 2.24) is 30.8 Å². The van der Waals surface area contributed by atoms with Crippen molar-refractivity contribution in [1.29, 1.82) is 0 Å². The van der Waals surface area contributed by atoms with E-state index in [1.807, 2.05) is 113 Å². The van der Waals surface area contributed by atoms with Crippen molar-refractivity contribution in [2.24, 2.45) is 11.8 Å². The predicted molar refractivity (Wildman–Crippen MR) is 168 cm³/mol. The zero-order valence-corrected chi connectivity index (χ0v) is 25.6. The summed E-state index contributed by atoms with van der Waals surface area (Å²) in [5.74, 6) is -0.0762. The van der Waals surface area contributed by atoms with Crippen LogP contribution in [0.3, 0.4) is 0 Å². The molecule has 4 aromatic rings. The number of Topliss-reactive ketones (excluding diaryl/α,β-unsaturated/α-hetero) is 1. The maximum absolute atomic E-state index is 13.4.